The fourth-order valence-electron chi connectivity index (χ4n) is 16.0. The van der Waals surface area contributed by atoms with Crippen molar-refractivity contribution in [1.82, 2.24) is 4.57 Å². The van der Waals surface area contributed by atoms with Crippen LogP contribution in [-0.2, 0) is 32.5 Å². The highest BCUT2D eigenvalue weighted by Gasteiger charge is 2.51. The van der Waals surface area contributed by atoms with E-state index in [4.69, 9.17) is 0 Å². The molecule has 0 fully saturated rings. The second-order valence-corrected chi connectivity index (χ2v) is 32.1. The maximum absolute atomic E-state index is 2.78. The lowest BCUT2D eigenvalue weighted by molar-refractivity contribution is 0.590. The molecule has 10 aromatic carbocycles. The highest BCUT2D eigenvalue weighted by molar-refractivity contribution is 7.26. The summed E-state index contributed by atoms with van der Waals surface area (Å²) < 4.78 is 5.31. The van der Waals surface area contributed by atoms with Crippen molar-refractivity contribution >= 4 is 99.5 Å². The molecule has 0 unspecified atom stereocenters. The van der Waals surface area contributed by atoms with Gasteiger partial charge in [-0.1, -0.05) is 214 Å². The smallest absolute Gasteiger partial charge is 0.333 e. The van der Waals surface area contributed by atoms with Crippen molar-refractivity contribution < 1.29 is 0 Å². The quantitative estimate of drug-likeness (QED) is 0.163. The van der Waals surface area contributed by atoms with Crippen molar-refractivity contribution in [3.8, 4) is 39.1 Å². The van der Waals surface area contributed by atoms with Crippen molar-refractivity contribution in [3.05, 3.63) is 226 Å². The molecule has 2 aliphatic carbocycles. The molecule has 3 nitrogen and oxygen atoms in total. The van der Waals surface area contributed by atoms with Crippen molar-refractivity contribution in [3.63, 3.8) is 0 Å². The third-order valence-electron chi connectivity index (χ3n) is 20.8. The number of hydrogen-bond acceptors (Lipinski definition) is 3. The maximum atomic E-state index is 2.78. The Kier molecular flexibility index (Phi) is 11.1. The number of hydrogen-bond donors (Lipinski definition) is 0. The Morgan fingerprint density at radius 3 is 1.56 bits per heavy atom. The molecule has 0 spiro atoms. The summed E-state index contributed by atoms with van der Waals surface area (Å²) in [6, 6.07) is 72.0. The Balaban J connectivity index is 1.03. The van der Waals surface area contributed by atoms with E-state index in [1.807, 2.05) is 11.3 Å². The first-order valence-electron chi connectivity index (χ1n) is 31.7. The van der Waals surface area contributed by atoms with E-state index < -0.39 is 0 Å². The van der Waals surface area contributed by atoms with Gasteiger partial charge in [0.1, 0.15) is 0 Å². The van der Waals surface area contributed by atoms with Gasteiger partial charge in [0.15, 0.2) is 0 Å². The Morgan fingerprint density at radius 1 is 0.414 bits per heavy atom. The van der Waals surface area contributed by atoms with Crippen LogP contribution in [0.3, 0.4) is 0 Å². The maximum Gasteiger partial charge on any atom is 0.333 e. The van der Waals surface area contributed by atoms with E-state index >= 15 is 0 Å². The van der Waals surface area contributed by atoms with Gasteiger partial charge in [0.25, 0.3) is 0 Å². The Labute approximate surface area is 519 Å². The predicted octanol–water partition coefficient (Wildman–Crippen LogP) is 21.7. The number of nitrogens with zero attached hydrogens (tertiary/aromatic N) is 3. The van der Waals surface area contributed by atoms with Crippen LogP contribution >= 0.6 is 11.3 Å². The lowest BCUT2D eigenvalue weighted by Crippen LogP contribution is -2.61. The molecule has 430 valence electrons. The van der Waals surface area contributed by atoms with Crippen LogP contribution in [0, 0.1) is 0 Å². The zero-order valence-corrected chi connectivity index (χ0v) is 54.5. The summed E-state index contributed by atoms with van der Waals surface area (Å²) in [5, 5.41) is 5.33. The molecule has 2 aliphatic heterocycles. The van der Waals surface area contributed by atoms with Crippen LogP contribution < -0.4 is 20.6 Å². The molecule has 87 heavy (non-hydrogen) atoms. The second-order valence-electron chi connectivity index (χ2n) is 31.0. The molecule has 4 heterocycles. The second kappa shape index (κ2) is 17.8. The summed E-state index contributed by atoms with van der Waals surface area (Å²) >= 11 is 1.93. The van der Waals surface area contributed by atoms with Crippen molar-refractivity contribution in [2.75, 3.05) is 9.71 Å². The zero-order valence-electron chi connectivity index (χ0n) is 53.6. The minimum atomic E-state index is -0.295. The molecule has 0 atom stereocenters. The highest BCUT2D eigenvalue weighted by Crippen LogP contribution is 2.61. The first-order valence-corrected chi connectivity index (χ1v) is 32.5. The Hall–Kier alpha value is -8.12. The van der Waals surface area contributed by atoms with Crippen molar-refractivity contribution in [2.24, 2.45) is 0 Å². The lowest BCUT2D eigenvalue weighted by atomic mass is 9.43. The van der Waals surface area contributed by atoms with Gasteiger partial charge in [-0.3, -0.25) is 0 Å². The highest BCUT2D eigenvalue weighted by atomic mass is 32.1. The van der Waals surface area contributed by atoms with Crippen molar-refractivity contribution in [2.45, 2.75) is 143 Å². The monoisotopic (exact) mass is 1150 g/mol. The molecule has 0 N–H and O–H groups in total. The van der Waals surface area contributed by atoms with E-state index in [-0.39, 0.29) is 39.3 Å². The average Bonchev–Trinajstić information content (AvgIpc) is 1.54. The van der Waals surface area contributed by atoms with Gasteiger partial charge in [0, 0.05) is 81.5 Å². The molecule has 16 rings (SSSR count). The Bertz CT molecular complexity index is 4880. The predicted molar refractivity (Wildman–Crippen MR) is 377 cm³/mol. The number of fused-ring (bicyclic) bond motifs is 19. The SMILES string of the molecule is CC(C)(C)c1ccc(N2B3c4cc5c(cc4-n4c6ccc(C(C)(C)C)cc6c6c7c(c(c3c64)-c3cc4c(cc32)sc2cc(N(c3ccc(C(C)(C)C)cc3)c3ccc(C(C)(C)C)cc3)ccc24)-c2ccccc2C7(C)C)-c2ccccc2C5(C)C)cc1. The largest absolute Gasteiger partial charge is 0.376 e. The van der Waals surface area contributed by atoms with Crippen LogP contribution in [0.1, 0.15) is 155 Å². The normalized spacial score (nSPS) is 15.3. The number of aromatic nitrogens is 1. The molecule has 0 amide bonds. The van der Waals surface area contributed by atoms with E-state index in [9.17, 15) is 0 Å². The zero-order chi connectivity index (χ0) is 60.6. The summed E-state index contributed by atoms with van der Waals surface area (Å²) in [4.78, 5) is 5.24. The van der Waals surface area contributed by atoms with E-state index in [1.54, 1.807) is 0 Å². The van der Waals surface area contributed by atoms with Crippen LogP contribution in [0.5, 0.6) is 0 Å². The average molecular weight is 1150 g/mol. The summed E-state index contributed by atoms with van der Waals surface area (Å²) in [6.45, 7) is 37.6. The van der Waals surface area contributed by atoms with Crippen LogP contribution in [-0.4, -0.2) is 11.4 Å². The van der Waals surface area contributed by atoms with Gasteiger partial charge in [0.2, 0.25) is 0 Å². The molecule has 5 heteroatoms. The van der Waals surface area contributed by atoms with E-state index in [1.165, 1.54) is 148 Å². The van der Waals surface area contributed by atoms with Gasteiger partial charge in [-0.05, 0) is 184 Å². The van der Waals surface area contributed by atoms with Crippen LogP contribution in [0.15, 0.2) is 182 Å². The van der Waals surface area contributed by atoms with Crippen LogP contribution in [0.4, 0.5) is 28.4 Å². The van der Waals surface area contributed by atoms with Gasteiger partial charge in [-0.2, -0.15) is 0 Å². The molecule has 0 saturated carbocycles. The molecule has 2 aromatic heterocycles. The van der Waals surface area contributed by atoms with E-state index in [2.05, 4.69) is 307 Å². The van der Waals surface area contributed by atoms with Crippen LogP contribution in [0.25, 0.3) is 81.0 Å². The minimum Gasteiger partial charge on any atom is -0.376 e. The first kappa shape index (κ1) is 54.3. The molecule has 0 saturated heterocycles. The number of thiophene rings is 1. The third-order valence-corrected chi connectivity index (χ3v) is 21.9. The van der Waals surface area contributed by atoms with Gasteiger partial charge in [0.05, 0.1) is 11.0 Å². The number of benzene rings is 10. The molecular formula is C82H78BN3S. The minimum absolute atomic E-state index is 0.00724. The Morgan fingerprint density at radius 2 is 0.954 bits per heavy atom. The third kappa shape index (κ3) is 7.67. The standard InChI is InChI=1S/C82H78BN3S/c1-77(2,3)47-25-32-51(33-26-47)84(52-34-27-48(28-35-52)78(4,5)6)54-38-39-56-59-43-61-67(46-70(59)87-69(56)42-54)86(53-36-29-49(30-37-53)79(7,8)9)83-65-45-64-58(55-21-17-19-23-62(55)81(64,13)14)44-68(65)85-66-40-31-50(80(10,11)12)41-60(66)73-74-71(72(61)75(83)76(73)85)57-22-18-20-24-63(57)82(74,15)16/h17-46H,1-16H3. The van der Waals surface area contributed by atoms with E-state index in [0.29, 0.717) is 0 Å². The number of anilines is 5. The van der Waals surface area contributed by atoms with Crippen LogP contribution in [0.2, 0.25) is 0 Å². The molecule has 4 aliphatic rings. The first-order chi connectivity index (χ1) is 41.2. The molecule has 12 aromatic rings. The van der Waals surface area contributed by atoms with Crippen molar-refractivity contribution in [1.29, 1.82) is 0 Å². The summed E-state index contributed by atoms with van der Waals surface area (Å²) in [5.74, 6) is 0. The fraction of sp³-hybridized carbons (Fsp3) is 0.268. The summed E-state index contributed by atoms with van der Waals surface area (Å²) in [7, 11) is 0. The molecular weight excluding hydrogens is 1070 g/mol. The molecule has 0 bridgehead atoms. The van der Waals surface area contributed by atoms with Gasteiger partial charge in [-0.15, -0.1) is 11.3 Å². The fourth-order valence-corrected chi connectivity index (χ4v) is 17.1. The number of rotatable bonds is 4. The van der Waals surface area contributed by atoms with Gasteiger partial charge < -0.3 is 14.3 Å². The lowest BCUT2D eigenvalue weighted by Gasteiger charge is -2.43. The van der Waals surface area contributed by atoms with Gasteiger partial charge >= 0.3 is 6.85 Å². The summed E-state index contributed by atoms with van der Waals surface area (Å²) in [5.41, 5.74) is 31.2. The van der Waals surface area contributed by atoms with Gasteiger partial charge in [-0.25, -0.2) is 0 Å². The summed E-state index contributed by atoms with van der Waals surface area (Å²) in [6.07, 6.45) is 0. The topological polar surface area (TPSA) is 11.4 Å². The molecule has 0 radical (unpaired) electrons. The van der Waals surface area contributed by atoms with E-state index in [0.717, 1.165) is 17.1 Å².